The number of ether oxygens (including phenoxy) is 1. The Morgan fingerprint density at radius 3 is 2.47 bits per heavy atom. The Bertz CT molecular complexity index is 435. The van der Waals surface area contributed by atoms with E-state index in [2.05, 4.69) is 0 Å². The van der Waals surface area contributed by atoms with Gasteiger partial charge >= 0.3 is 6.09 Å². The van der Waals surface area contributed by atoms with Crippen molar-refractivity contribution in [3.05, 3.63) is 29.8 Å². The van der Waals surface area contributed by atoms with E-state index in [0.717, 1.165) is 11.3 Å². The summed E-state index contributed by atoms with van der Waals surface area (Å²) in [5.74, 6) is 0. The van der Waals surface area contributed by atoms with Gasteiger partial charge in [-0.2, -0.15) is 0 Å². The molecule has 1 amide bonds. The predicted octanol–water partition coefficient (Wildman–Crippen LogP) is 3.33. The minimum atomic E-state index is -0.529. The molecule has 0 aliphatic carbocycles. The molecule has 0 bridgehead atoms. The average molecular weight is 265 g/mol. The van der Waals surface area contributed by atoms with E-state index in [1.807, 2.05) is 52.8 Å². The Morgan fingerprint density at radius 2 is 2.00 bits per heavy atom. The Hall–Kier alpha value is -1.55. The SMILES string of the molecule is CC(C)N(C(=O)OC(C)(C)C)c1cccc(CO)c1. The number of nitrogens with zero attached hydrogens (tertiary/aromatic N) is 1. The van der Waals surface area contributed by atoms with Gasteiger partial charge in [0.1, 0.15) is 5.60 Å². The van der Waals surface area contributed by atoms with Crippen LogP contribution < -0.4 is 4.90 Å². The number of carbonyl (C=O) groups excluding carboxylic acids is 1. The highest BCUT2D eigenvalue weighted by atomic mass is 16.6. The lowest BCUT2D eigenvalue weighted by molar-refractivity contribution is 0.0570. The van der Waals surface area contributed by atoms with Crippen molar-refractivity contribution in [1.82, 2.24) is 0 Å². The predicted molar refractivity (Wildman–Crippen MR) is 76.2 cm³/mol. The summed E-state index contributed by atoms with van der Waals surface area (Å²) in [6.45, 7) is 9.33. The number of hydrogen-bond acceptors (Lipinski definition) is 3. The Balaban J connectivity index is 3.03. The van der Waals surface area contributed by atoms with Gasteiger partial charge in [-0.3, -0.25) is 4.90 Å². The molecule has 19 heavy (non-hydrogen) atoms. The fourth-order valence-corrected chi connectivity index (χ4v) is 1.73. The highest BCUT2D eigenvalue weighted by molar-refractivity contribution is 5.88. The molecule has 0 unspecified atom stereocenters. The van der Waals surface area contributed by atoms with Crippen LogP contribution in [-0.2, 0) is 11.3 Å². The van der Waals surface area contributed by atoms with Crippen molar-refractivity contribution < 1.29 is 14.6 Å². The van der Waals surface area contributed by atoms with Crippen molar-refractivity contribution in [1.29, 1.82) is 0 Å². The normalized spacial score (nSPS) is 11.5. The maximum Gasteiger partial charge on any atom is 0.415 e. The van der Waals surface area contributed by atoms with Crippen LogP contribution >= 0.6 is 0 Å². The maximum atomic E-state index is 12.2. The Kier molecular flexibility index (Phi) is 4.95. The quantitative estimate of drug-likeness (QED) is 0.912. The number of rotatable bonds is 3. The van der Waals surface area contributed by atoms with Gasteiger partial charge in [-0.25, -0.2) is 4.79 Å². The first-order valence-electron chi connectivity index (χ1n) is 6.46. The summed E-state index contributed by atoms with van der Waals surface area (Å²) < 4.78 is 5.41. The Labute approximate surface area is 115 Å². The molecule has 0 atom stereocenters. The first-order chi connectivity index (χ1) is 8.74. The van der Waals surface area contributed by atoms with Crippen molar-refractivity contribution >= 4 is 11.8 Å². The van der Waals surface area contributed by atoms with E-state index in [9.17, 15) is 9.90 Å². The lowest BCUT2D eigenvalue weighted by Gasteiger charge is -2.30. The van der Waals surface area contributed by atoms with Crippen molar-refractivity contribution in [2.75, 3.05) is 4.90 Å². The number of aliphatic hydroxyl groups excluding tert-OH is 1. The fourth-order valence-electron chi connectivity index (χ4n) is 1.73. The van der Waals surface area contributed by atoms with Crippen molar-refractivity contribution in [2.24, 2.45) is 0 Å². The first kappa shape index (κ1) is 15.5. The van der Waals surface area contributed by atoms with Gasteiger partial charge in [-0.05, 0) is 52.3 Å². The summed E-state index contributed by atoms with van der Waals surface area (Å²) in [4.78, 5) is 13.8. The third-order valence-electron chi connectivity index (χ3n) is 2.48. The minimum Gasteiger partial charge on any atom is -0.443 e. The van der Waals surface area contributed by atoms with Gasteiger partial charge in [0, 0.05) is 11.7 Å². The standard InChI is InChI=1S/C15H23NO3/c1-11(2)16(14(18)19-15(3,4)5)13-8-6-7-12(9-13)10-17/h6-9,11,17H,10H2,1-5H3. The van der Waals surface area contributed by atoms with Crippen LogP contribution in [0.15, 0.2) is 24.3 Å². The van der Waals surface area contributed by atoms with E-state index in [4.69, 9.17) is 4.74 Å². The zero-order valence-corrected chi connectivity index (χ0v) is 12.3. The second-order valence-corrected chi connectivity index (χ2v) is 5.77. The van der Waals surface area contributed by atoms with Gasteiger partial charge in [0.25, 0.3) is 0 Å². The zero-order chi connectivity index (χ0) is 14.6. The molecule has 1 N–H and O–H groups in total. The molecule has 0 spiro atoms. The molecular weight excluding hydrogens is 242 g/mol. The van der Waals surface area contributed by atoms with E-state index in [-0.39, 0.29) is 18.7 Å². The number of benzene rings is 1. The summed E-state index contributed by atoms with van der Waals surface area (Å²) >= 11 is 0. The number of aliphatic hydroxyl groups is 1. The lowest BCUT2D eigenvalue weighted by atomic mass is 10.1. The summed E-state index contributed by atoms with van der Waals surface area (Å²) in [5, 5.41) is 9.17. The summed E-state index contributed by atoms with van der Waals surface area (Å²) in [6.07, 6.45) is -0.377. The molecule has 4 nitrogen and oxygen atoms in total. The van der Waals surface area contributed by atoms with Crippen molar-refractivity contribution in [3.8, 4) is 0 Å². The van der Waals surface area contributed by atoms with Crippen LogP contribution in [0.4, 0.5) is 10.5 Å². The lowest BCUT2D eigenvalue weighted by Crippen LogP contribution is -2.41. The number of carbonyl (C=O) groups is 1. The van der Waals surface area contributed by atoms with Gasteiger partial charge in [-0.15, -0.1) is 0 Å². The third-order valence-corrected chi connectivity index (χ3v) is 2.48. The number of amides is 1. The molecule has 0 aliphatic rings. The molecule has 1 rings (SSSR count). The second kappa shape index (κ2) is 6.06. The number of anilines is 1. The van der Waals surface area contributed by atoms with Crippen LogP contribution in [-0.4, -0.2) is 22.8 Å². The highest BCUT2D eigenvalue weighted by Crippen LogP contribution is 2.22. The van der Waals surface area contributed by atoms with Crippen LogP contribution in [0.1, 0.15) is 40.2 Å². The molecule has 106 valence electrons. The zero-order valence-electron chi connectivity index (χ0n) is 12.3. The van der Waals surface area contributed by atoms with E-state index in [0.29, 0.717) is 0 Å². The van der Waals surface area contributed by atoms with Gasteiger partial charge in [0.05, 0.1) is 6.61 Å². The molecule has 4 heteroatoms. The largest absolute Gasteiger partial charge is 0.443 e. The summed E-state index contributed by atoms with van der Waals surface area (Å²) in [7, 11) is 0. The molecule has 0 aliphatic heterocycles. The molecule has 0 radical (unpaired) electrons. The molecular formula is C15H23NO3. The second-order valence-electron chi connectivity index (χ2n) is 5.77. The smallest absolute Gasteiger partial charge is 0.415 e. The molecule has 0 saturated carbocycles. The van der Waals surface area contributed by atoms with E-state index in [1.54, 1.807) is 11.0 Å². The van der Waals surface area contributed by atoms with Gasteiger partial charge in [-0.1, -0.05) is 12.1 Å². The molecule has 1 aromatic rings. The van der Waals surface area contributed by atoms with Crippen LogP contribution in [0.2, 0.25) is 0 Å². The summed E-state index contributed by atoms with van der Waals surface area (Å²) in [5.41, 5.74) is 0.973. The van der Waals surface area contributed by atoms with Crippen LogP contribution in [0.5, 0.6) is 0 Å². The first-order valence-corrected chi connectivity index (χ1v) is 6.46. The maximum absolute atomic E-state index is 12.2. The van der Waals surface area contributed by atoms with Gasteiger partial charge < -0.3 is 9.84 Å². The van der Waals surface area contributed by atoms with Crippen molar-refractivity contribution in [2.45, 2.75) is 52.9 Å². The van der Waals surface area contributed by atoms with Crippen molar-refractivity contribution in [3.63, 3.8) is 0 Å². The molecule has 0 saturated heterocycles. The molecule has 1 aromatic carbocycles. The molecule has 0 aromatic heterocycles. The minimum absolute atomic E-state index is 0.0243. The van der Waals surface area contributed by atoms with Gasteiger partial charge in [0.2, 0.25) is 0 Å². The third kappa shape index (κ3) is 4.56. The van der Waals surface area contributed by atoms with Crippen LogP contribution in [0.25, 0.3) is 0 Å². The Morgan fingerprint density at radius 1 is 1.37 bits per heavy atom. The van der Waals surface area contributed by atoms with Crippen LogP contribution in [0.3, 0.4) is 0 Å². The fraction of sp³-hybridized carbons (Fsp3) is 0.533. The number of hydrogen-bond donors (Lipinski definition) is 1. The van der Waals surface area contributed by atoms with E-state index < -0.39 is 5.60 Å². The van der Waals surface area contributed by atoms with E-state index >= 15 is 0 Å². The monoisotopic (exact) mass is 265 g/mol. The summed E-state index contributed by atoms with van der Waals surface area (Å²) in [6, 6.07) is 7.24. The van der Waals surface area contributed by atoms with Gasteiger partial charge in [0.15, 0.2) is 0 Å². The van der Waals surface area contributed by atoms with E-state index in [1.165, 1.54) is 0 Å². The van der Waals surface area contributed by atoms with Crippen LogP contribution in [0, 0.1) is 0 Å². The highest BCUT2D eigenvalue weighted by Gasteiger charge is 2.25. The topological polar surface area (TPSA) is 49.8 Å². The molecule has 0 heterocycles. The molecule has 0 fully saturated rings. The average Bonchev–Trinajstić information content (AvgIpc) is 2.26.